The summed E-state index contributed by atoms with van der Waals surface area (Å²) >= 11 is 0. The number of piperazine rings is 1. The highest BCUT2D eigenvalue weighted by Gasteiger charge is 2.37. The standard InChI is InChI=1S/C24H34N4O3/c1-2-3-7-12-28-23(30)20-11-10-18(17-21(20)25-24(28)31)22(29)27-15-13-26(14-16-27)19-8-5-4-6-9-19/h10-11,17,19-20H,2-9,12-16H2,1H3. The van der Waals surface area contributed by atoms with Crippen molar-refractivity contribution >= 4 is 23.6 Å². The smallest absolute Gasteiger partial charge is 0.336 e. The van der Waals surface area contributed by atoms with Crippen LogP contribution in [0.1, 0.15) is 58.3 Å². The quantitative estimate of drug-likeness (QED) is 0.612. The summed E-state index contributed by atoms with van der Waals surface area (Å²) in [4.78, 5) is 48.0. The summed E-state index contributed by atoms with van der Waals surface area (Å²) < 4.78 is 0. The van der Waals surface area contributed by atoms with Crippen LogP contribution in [0.15, 0.2) is 28.8 Å². The second kappa shape index (κ2) is 9.90. The monoisotopic (exact) mass is 426 g/mol. The third-order valence-electron chi connectivity index (χ3n) is 7.00. The highest BCUT2D eigenvalue weighted by atomic mass is 16.2. The van der Waals surface area contributed by atoms with Crippen LogP contribution in [0.2, 0.25) is 0 Å². The van der Waals surface area contributed by atoms with E-state index in [4.69, 9.17) is 0 Å². The van der Waals surface area contributed by atoms with Crippen LogP contribution < -0.4 is 0 Å². The average Bonchev–Trinajstić information content (AvgIpc) is 2.81. The summed E-state index contributed by atoms with van der Waals surface area (Å²) in [5, 5.41) is 0. The molecule has 0 spiro atoms. The number of unbranched alkanes of at least 4 members (excludes halogenated alkanes) is 2. The SMILES string of the molecule is CCCCCN1C(=O)N=C2C=C(C(=O)N3CCN(C4CCCCC4)CC3)C=CC2C1=O. The van der Waals surface area contributed by atoms with Gasteiger partial charge in [-0.3, -0.25) is 19.4 Å². The molecule has 0 aromatic heterocycles. The number of hydrogen-bond donors (Lipinski definition) is 0. The number of imide groups is 1. The fourth-order valence-corrected chi connectivity index (χ4v) is 5.12. The second-order valence-corrected chi connectivity index (χ2v) is 9.07. The zero-order valence-corrected chi connectivity index (χ0v) is 18.6. The van der Waals surface area contributed by atoms with Gasteiger partial charge in [0.25, 0.3) is 5.91 Å². The van der Waals surface area contributed by atoms with E-state index < -0.39 is 11.9 Å². The van der Waals surface area contributed by atoms with Crippen LogP contribution in [0.3, 0.4) is 0 Å². The van der Waals surface area contributed by atoms with Crippen LogP contribution in [0, 0.1) is 5.92 Å². The molecule has 1 unspecified atom stereocenters. The van der Waals surface area contributed by atoms with Crippen LogP contribution in [0.4, 0.5) is 4.79 Å². The molecule has 31 heavy (non-hydrogen) atoms. The van der Waals surface area contributed by atoms with Crippen molar-refractivity contribution in [2.45, 2.75) is 64.3 Å². The van der Waals surface area contributed by atoms with E-state index in [1.54, 1.807) is 18.2 Å². The molecular formula is C24H34N4O3. The second-order valence-electron chi connectivity index (χ2n) is 9.07. The van der Waals surface area contributed by atoms with E-state index in [1.807, 2.05) is 4.90 Å². The number of aliphatic imine (C=N–C) groups is 1. The fourth-order valence-electron chi connectivity index (χ4n) is 5.12. The Labute approximate surface area is 184 Å². The minimum atomic E-state index is -0.556. The largest absolute Gasteiger partial charge is 0.350 e. The van der Waals surface area contributed by atoms with Crippen LogP contribution >= 0.6 is 0 Å². The third kappa shape index (κ3) is 4.81. The number of nitrogens with zero attached hydrogens (tertiary/aromatic N) is 4. The Balaban J connectivity index is 1.37. The Bertz CT molecular complexity index is 802. The fraction of sp³-hybridized carbons (Fsp3) is 0.667. The molecule has 0 bridgehead atoms. The Morgan fingerprint density at radius 1 is 1.06 bits per heavy atom. The van der Waals surface area contributed by atoms with E-state index in [0.29, 0.717) is 23.9 Å². The molecule has 4 aliphatic rings. The van der Waals surface area contributed by atoms with Gasteiger partial charge in [0.1, 0.15) is 0 Å². The van der Waals surface area contributed by atoms with Gasteiger partial charge in [0.2, 0.25) is 5.91 Å². The van der Waals surface area contributed by atoms with Crippen LogP contribution in [-0.4, -0.2) is 77.0 Å². The van der Waals surface area contributed by atoms with E-state index in [0.717, 1.165) is 45.4 Å². The van der Waals surface area contributed by atoms with Crippen molar-refractivity contribution in [2.24, 2.45) is 10.9 Å². The minimum Gasteiger partial charge on any atom is -0.336 e. The summed E-state index contributed by atoms with van der Waals surface area (Å²) in [5.74, 6) is -0.823. The van der Waals surface area contributed by atoms with Gasteiger partial charge < -0.3 is 4.90 Å². The maximum absolute atomic E-state index is 13.1. The van der Waals surface area contributed by atoms with Gasteiger partial charge in [-0.2, -0.15) is 4.99 Å². The summed E-state index contributed by atoms with van der Waals surface area (Å²) in [7, 11) is 0. The molecule has 0 radical (unpaired) electrons. The summed E-state index contributed by atoms with van der Waals surface area (Å²) in [6.07, 6.45) is 14.4. The first-order chi connectivity index (χ1) is 15.1. The number of amides is 4. The number of rotatable bonds is 6. The number of carbonyl (C=O) groups excluding carboxylic acids is 3. The normalized spacial score (nSPS) is 25.4. The summed E-state index contributed by atoms with van der Waals surface area (Å²) in [5.41, 5.74) is 0.912. The Morgan fingerprint density at radius 2 is 1.81 bits per heavy atom. The molecule has 0 aromatic carbocycles. The maximum atomic E-state index is 13.1. The van der Waals surface area contributed by atoms with Gasteiger partial charge in [-0.25, -0.2) is 4.79 Å². The Morgan fingerprint density at radius 3 is 2.52 bits per heavy atom. The molecular weight excluding hydrogens is 392 g/mol. The third-order valence-corrected chi connectivity index (χ3v) is 7.00. The number of urea groups is 1. The maximum Gasteiger partial charge on any atom is 0.350 e. The van der Waals surface area contributed by atoms with Gasteiger partial charge >= 0.3 is 6.03 Å². The van der Waals surface area contributed by atoms with Crippen molar-refractivity contribution in [1.29, 1.82) is 0 Å². The van der Waals surface area contributed by atoms with Crippen molar-refractivity contribution in [2.75, 3.05) is 32.7 Å². The van der Waals surface area contributed by atoms with E-state index in [9.17, 15) is 14.4 Å². The zero-order chi connectivity index (χ0) is 21.8. The van der Waals surface area contributed by atoms with Crippen LogP contribution in [-0.2, 0) is 9.59 Å². The predicted molar refractivity (Wildman–Crippen MR) is 120 cm³/mol. The first-order valence-electron chi connectivity index (χ1n) is 12.0. The highest BCUT2D eigenvalue weighted by molar-refractivity contribution is 6.23. The molecule has 4 rings (SSSR count). The lowest BCUT2D eigenvalue weighted by Crippen LogP contribution is -2.52. The van der Waals surface area contributed by atoms with Crippen molar-refractivity contribution in [3.63, 3.8) is 0 Å². The zero-order valence-electron chi connectivity index (χ0n) is 18.6. The predicted octanol–water partition coefficient (Wildman–Crippen LogP) is 3.17. The summed E-state index contributed by atoms with van der Waals surface area (Å²) in [6, 6.07) is 0.168. The molecule has 0 N–H and O–H groups in total. The van der Waals surface area contributed by atoms with Gasteiger partial charge in [-0.05, 0) is 25.3 Å². The molecule has 1 saturated heterocycles. The molecule has 2 aliphatic carbocycles. The Kier molecular flexibility index (Phi) is 7.00. The van der Waals surface area contributed by atoms with Gasteiger partial charge in [-0.1, -0.05) is 51.2 Å². The van der Waals surface area contributed by atoms with Gasteiger partial charge in [0, 0.05) is 44.3 Å². The molecule has 2 heterocycles. The van der Waals surface area contributed by atoms with E-state index in [1.165, 1.54) is 37.0 Å². The molecule has 2 fully saturated rings. The van der Waals surface area contributed by atoms with Crippen LogP contribution in [0.5, 0.6) is 0 Å². The molecule has 2 aliphatic heterocycles. The first-order valence-corrected chi connectivity index (χ1v) is 12.0. The molecule has 7 nitrogen and oxygen atoms in total. The minimum absolute atomic E-state index is 0.0361. The lowest BCUT2D eigenvalue weighted by molar-refractivity contribution is -0.130. The number of carbonyl (C=O) groups is 3. The summed E-state index contributed by atoms with van der Waals surface area (Å²) in [6.45, 7) is 5.77. The van der Waals surface area contributed by atoms with Crippen LogP contribution in [0.25, 0.3) is 0 Å². The van der Waals surface area contributed by atoms with Gasteiger partial charge in [0.15, 0.2) is 0 Å². The van der Waals surface area contributed by atoms with Gasteiger partial charge in [0.05, 0.1) is 11.6 Å². The van der Waals surface area contributed by atoms with Gasteiger partial charge in [-0.15, -0.1) is 0 Å². The van der Waals surface area contributed by atoms with E-state index >= 15 is 0 Å². The average molecular weight is 427 g/mol. The Hall–Kier alpha value is -2.28. The van der Waals surface area contributed by atoms with E-state index in [-0.39, 0.29) is 11.8 Å². The molecule has 1 atom stereocenters. The topological polar surface area (TPSA) is 73.3 Å². The number of fused-ring (bicyclic) bond motifs is 1. The highest BCUT2D eigenvalue weighted by Crippen LogP contribution is 2.26. The number of hydrogen-bond acceptors (Lipinski definition) is 4. The number of allylic oxidation sites excluding steroid dienone is 1. The first kappa shape index (κ1) is 21.9. The molecule has 4 amide bonds. The van der Waals surface area contributed by atoms with E-state index in [2.05, 4.69) is 16.8 Å². The molecule has 0 aromatic rings. The lowest BCUT2D eigenvalue weighted by Gasteiger charge is -2.41. The molecule has 7 heteroatoms. The van der Waals surface area contributed by atoms with Crippen molar-refractivity contribution < 1.29 is 14.4 Å². The lowest BCUT2D eigenvalue weighted by atomic mass is 9.91. The van der Waals surface area contributed by atoms with Crippen molar-refractivity contribution in [3.05, 3.63) is 23.8 Å². The van der Waals surface area contributed by atoms with Crippen molar-refractivity contribution in [1.82, 2.24) is 14.7 Å². The molecule has 1 saturated carbocycles. The molecule has 168 valence electrons. The van der Waals surface area contributed by atoms with Crippen molar-refractivity contribution in [3.8, 4) is 0 Å².